The molecule has 1 rings (SSSR count). The highest BCUT2D eigenvalue weighted by Crippen LogP contribution is 2.16. The van der Waals surface area contributed by atoms with Crippen LogP contribution in [0.15, 0.2) is 22.9 Å². The molecule has 0 aliphatic rings. The molecule has 1 heterocycles. The summed E-state index contributed by atoms with van der Waals surface area (Å²) in [6, 6.07) is 1.83. The van der Waals surface area contributed by atoms with Gasteiger partial charge in [-0.1, -0.05) is 0 Å². The molecular weight excluding hydrogens is 304 g/mol. The molecule has 0 aliphatic carbocycles. The van der Waals surface area contributed by atoms with E-state index in [4.69, 9.17) is 0 Å². The fourth-order valence-electron chi connectivity index (χ4n) is 1.49. The molecule has 17 heavy (non-hydrogen) atoms. The van der Waals surface area contributed by atoms with Crippen molar-refractivity contribution < 1.29 is 8.42 Å². The zero-order valence-corrected chi connectivity index (χ0v) is 12.6. The average Bonchev–Trinajstić information content (AvgIpc) is 2.25. The van der Waals surface area contributed by atoms with Gasteiger partial charge in [-0.25, -0.2) is 8.42 Å². The molecule has 6 heteroatoms. The van der Waals surface area contributed by atoms with Crippen molar-refractivity contribution >= 4 is 26.0 Å². The van der Waals surface area contributed by atoms with Crippen molar-refractivity contribution in [1.29, 1.82) is 0 Å². The van der Waals surface area contributed by atoms with Crippen molar-refractivity contribution in [3.63, 3.8) is 0 Å². The lowest BCUT2D eigenvalue weighted by atomic mass is 10.2. The molecular formula is C11H17BrN2O2S. The minimum atomic E-state index is -3.18. The predicted octanol–water partition coefficient (Wildman–Crippen LogP) is 2.40. The van der Waals surface area contributed by atoms with Crippen LogP contribution >= 0.6 is 15.9 Å². The van der Waals surface area contributed by atoms with Crippen molar-refractivity contribution in [2.24, 2.45) is 0 Å². The van der Waals surface area contributed by atoms with E-state index < -0.39 is 10.0 Å². The summed E-state index contributed by atoms with van der Waals surface area (Å²) in [7, 11) is -3.18. The minimum absolute atomic E-state index is 0.0565. The SMILES string of the molecule is CCS(=O)(=O)N(Cc1cncc(Br)c1)C(C)C. The summed E-state index contributed by atoms with van der Waals surface area (Å²) >= 11 is 3.33. The van der Waals surface area contributed by atoms with Gasteiger partial charge in [0.2, 0.25) is 10.0 Å². The van der Waals surface area contributed by atoms with Crippen LogP contribution in [0, 0.1) is 0 Å². The summed E-state index contributed by atoms with van der Waals surface area (Å²) in [5.74, 6) is 0.118. The number of aromatic nitrogens is 1. The van der Waals surface area contributed by atoms with Crippen LogP contribution in [0.2, 0.25) is 0 Å². The van der Waals surface area contributed by atoms with Crippen LogP contribution in [0.5, 0.6) is 0 Å². The summed E-state index contributed by atoms with van der Waals surface area (Å²) in [6.45, 7) is 5.77. The van der Waals surface area contributed by atoms with E-state index in [1.807, 2.05) is 19.9 Å². The molecule has 0 aromatic carbocycles. The van der Waals surface area contributed by atoms with Crippen molar-refractivity contribution in [1.82, 2.24) is 9.29 Å². The second kappa shape index (κ2) is 5.93. The largest absolute Gasteiger partial charge is 0.263 e. The van der Waals surface area contributed by atoms with Crippen LogP contribution in [0.1, 0.15) is 26.3 Å². The summed E-state index contributed by atoms with van der Waals surface area (Å²) in [4.78, 5) is 4.04. The molecule has 0 spiro atoms. The first-order valence-corrected chi connectivity index (χ1v) is 7.86. The molecule has 0 atom stereocenters. The third kappa shape index (κ3) is 4.04. The second-order valence-electron chi connectivity index (χ2n) is 4.05. The number of halogens is 1. The maximum absolute atomic E-state index is 11.9. The van der Waals surface area contributed by atoms with Crippen molar-refractivity contribution in [2.45, 2.75) is 33.4 Å². The van der Waals surface area contributed by atoms with Gasteiger partial charge in [-0.3, -0.25) is 4.98 Å². The monoisotopic (exact) mass is 320 g/mol. The highest BCUT2D eigenvalue weighted by atomic mass is 79.9. The average molecular weight is 321 g/mol. The molecule has 0 unspecified atom stereocenters. The van der Waals surface area contributed by atoms with Crippen LogP contribution in [0.3, 0.4) is 0 Å². The molecule has 1 aromatic heterocycles. The Morgan fingerprint density at radius 2 is 2.06 bits per heavy atom. The van der Waals surface area contributed by atoms with Gasteiger partial charge in [-0.05, 0) is 48.3 Å². The summed E-state index contributed by atoms with van der Waals surface area (Å²) in [5.41, 5.74) is 0.880. The Hall–Kier alpha value is -0.460. The van der Waals surface area contributed by atoms with Gasteiger partial charge >= 0.3 is 0 Å². The first-order chi connectivity index (χ1) is 7.86. The van der Waals surface area contributed by atoms with E-state index >= 15 is 0 Å². The highest BCUT2D eigenvalue weighted by molar-refractivity contribution is 9.10. The molecule has 0 saturated carbocycles. The molecule has 0 aliphatic heterocycles. The predicted molar refractivity (Wildman–Crippen MR) is 72.1 cm³/mol. The second-order valence-corrected chi connectivity index (χ2v) is 7.18. The number of rotatable bonds is 5. The minimum Gasteiger partial charge on any atom is -0.263 e. The number of sulfonamides is 1. The molecule has 0 radical (unpaired) electrons. The molecule has 1 aromatic rings. The fraction of sp³-hybridized carbons (Fsp3) is 0.545. The third-order valence-corrected chi connectivity index (χ3v) is 4.83. The van der Waals surface area contributed by atoms with Gasteiger partial charge in [0.1, 0.15) is 0 Å². The topological polar surface area (TPSA) is 50.3 Å². The lowest BCUT2D eigenvalue weighted by Gasteiger charge is -2.25. The quantitative estimate of drug-likeness (QED) is 0.837. The van der Waals surface area contributed by atoms with Gasteiger partial charge in [-0.2, -0.15) is 4.31 Å². The molecule has 0 fully saturated rings. The van der Waals surface area contributed by atoms with E-state index in [1.54, 1.807) is 19.3 Å². The van der Waals surface area contributed by atoms with Gasteiger partial charge in [0.25, 0.3) is 0 Å². The summed E-state index contributed by atoms with van der Waals surface area (Å²) in [5, 5.41) is 0. The van der Waals surface area contributed by atoms with Crippen LogP contribution in [-0.4, -0.2) is 29.5 Å². The zero-order valence-electron chi connectivity index (χ0n) is 10.2. The van der Waals surface area contributed by atoms with E-state index in [2.05, 4.69) is 20.9 Å². The number of pyridine rings is 1. The van der Waals surface area contributed by atoms with Crippen LogP contribution in [0.25, 0.3) is 0 Å². The lowest BCUT2D eigenvalue weighted by Crippen LogP contribution is -2.37. The number of nitrogens with zero attached hydrogens (tertiary/aromatic N) is 2. The van der Waals surface area contributed by atoms with Crippen molar-refractivity contribution in [2.75, 3.05) is 5.75 Å². The third-order valence-electron chi connectivity index (χ3n) is 2.40. The Bertz CT molecular complexity index is 474. The first-order valence-electron chi connectivity index (χ1n) is 5.45. The Labute approximate surface area is 111 Å². The summed E-state index contributed by atoms with van der Waals surface area (Å²) in [6.07, 6.45) is 3.36. The Morgan fingerprint density at radius 1 is 1.41 bits per heavy atom. The van der Waals surface area contributed by atoms with E-state index in [0.717, 1.165) is 10.0 Å². The standard InChI is InChI=1S/C11H17BrN2O2S/c1-4-17(15,16)14(9(2)3)8-10-5-11(12)7-13-6-10/h5-7,9H,4,8H2,1-3H3. The Kier molecular flexibility index (Phi) is 5.09. The van der Waals surface area contributed by atoms with Crippen molar-refractivity contribution in [3.8, 4) is 0 Å². The maximum atomic E-state index is 11.9. The zero-order chi connectivity index (χ0) is 13.1. The smallest absolute Gasteiger partial charge is 0.214 e. The van der Waals surface area contributed by atoms with E-state index in [0.29, 0.717) is 6.54 Å². The van der Waals surface area contributed by atoms with Crippen LogP contribution < -0.4 is 0 Å². The van der Waals surface area contributed by atoms with Gasteiger partial charge in [0, 0.05) is 29.5 Å². The number of hydrogen-bond acceptors (Lipinski definition) is 3. The summed E-state index contributed by atoms with van der Waals surface area (Å²) < 4.78 is 26.2. The van der Waals surface area contributed by atoms with E-state index in [1.165, 1.54) is 4.31 Å². The fourth-order valence-corrected chi connectivity index (χ4v) is 3.22. The van der Waals surface area contributed by atoms with Gasteiger partial charge in [-0.15, -0.1) is 0 Å². The molecule has 96 valence electrons. The van der Waals surface area contributed by atoms with Crippen LogP contribution in [0.4, 0.5) is 0 Å². The van der Waals surface area contributed by atoms with Crippen molar-refractivity contribution in [3.05, 3.63) is 28.5 Å². The lowest BCUT2D eigenvalue weighted by molar-refractivity contribution is 0.348. The molecule has 0 bridgehead atoms. The Balaban J connectivity index is 2.96. The highest BCUT2D eigenvalue weighted by Gasteiger charge is 2.23. The van der Waals surface area contributed by atoms with E-state index in [-0.39, 0.29) is 11.8 Å². The number of hydrogen-bond donors (Lipinski definition) is 0. The molecule has 0 N–H and O–H groups in total. The normalized spacial score (nSPS) is 12.4. The maximum Gasteiger partial charge on any atom is 0.214 e. The first kappa shape index (κ1) is 14.6. The van der Waals surface area contributed by atoms with Gasteiger partial charge in [0.15, 0.2) is 0 Å². The van der Waals surface area contributed by atoms with Crippen LogP contribution in [-0.2, 0) is 16.6 Å². The molecule has 0 amide bonds. The molecule has 0 saturated heterocycles. The van der Waals surface area contributed by atoms with Gasteiger partial charge in [0.05, 0.1) is 5.75 Å². The Morgan fingerprint density at radius 3 is 2.53 bits per heavy atom. The van der Waals surface area contributed by atoms with Gasteiger partial charge < -0.3 is 0 Å². The molecule has 4 nitrogen and oxygen atoms in total. The van der Waals surface area contributed by atoms with E-state index in [9.17, 15) is 8.42 Å².